The predicted molar refractivity (Wildman–Crippen MR) is 117 cm³/mol. The number of carbonyl (C=O) groups excluding carboxylic acids is 1. The molecule has 0 spiro atoms. The lowest BCUT2D eigenvalue weighted by molar-refractivity contribution is -0.192. The summed E-state index contributed by atoms with van der Waals surface area (Å²) in [6, 6.07) is 11.8. The summed E-state index contributed by atoms with van der Waals surface area (Å²) in [5.41, 5.74) is 1.69. The molecule has 1 saturated heterocycles. The van der Waals surface area contributed by atoms with Crippen LogP contribution in [0, 0.1) is 0 Å². The summed E-state index contributed by atoms with van der Waals surface area (Å²) in [5.74, 6) is -4.12. The number of carboxylic acid groups (broad SMARTS) is 2. The largest absolute Gasteiger partial charge is 0.490 e. The minimum absolute atomic E-state index is 0.198. The third-order valence-corrected chi connectivity index (χ3v) is 5.12. The van der Waals surface area contributed by atoms with Gasteiger partial charge in [-0.3, -0.25) is 4.79 Å². The van der Waals surface area contributed by atoms with E-state index in [9.17, 15) is 27.9 Å². The Labute approximate surface area is 192 Å². The van der Waals surface area contributed by atoms with E-state index in [2.05, 4.69) is 10.2 Å². The molecule has 0 aliphatic carbocycles. The maximum absolute atomic E-state index is 12.4. The predicted octanol–water partition coefficient (Wildman–Crippen LogP) is 5.30. The van der Waals surface area contributed by atoms with Gasteiger partial charge in [-0.15, -0.1) is 0 Å². The zero-order chi connectivity index (χ0) is 24.6. The topological polar surface area (TPSA) is 107 Å². The van der Waals surface area contributed by atoms with Gasteiger partial charge < -0.3 is 20.4 Å². The fourth-order valence-electron chi connectivity index (χ4n) is 3.22. The fraction of sp³-hybridized carbons (Fsp3) is 0.318. The van der Waals surface area contributed by atoms with E-state index in [4.69, 9.17) is 21.5 Å². The Hall–Kier alpha value is -3.27. The Morgan fingerprint density at radius 3 is 2.00 bits per heavy atom. The molecular weight excluding hydrogens is 465 g/mol. The number of hydrogen-bond donors (Lipinski definition) is 3. The zero-order valence-corrected chi connectivity index (χ0v) is 18.1. The molecule has 2 aromatic carbocycles. The molecule has 0 bridgehead atoms. The highest BCUT2D eigenvalue weighted by Crippen LogP contribution is 2.27. The third-order valence-electron chi connectivity index (χ3n) is 4.79. The Morgan fingerprint density at radius 1 is 0.909 bits per heavy atom. The van der Waals surface area contributed by atoms with Gasteiger partial charge in [0.05, 0.1) is 21.8 Å². The number of carbonyl (C=O) groups is 3. The molecule has 3 rings (SSSR count). The molecule has 3 N–H and O–H groups in total. The van der Waals surface area contributed by atoms with Crippen molar-refractivity contribution in [1.29, 1.82) is 0 Å². The van der Waals surface area contributed by atoms with Crippen LogP contribution in [0.5, 0.6) is 0 Å². The number of nitrogens with zero attached hydrogens (tertiary/aromatic N) is 1. The molecule has 1 aliphatic rings. The second-order valence-electron chi connectivity index (χ2n) is 7.18. The van der Waals surface area contributed by atoms with Gasteiger partial charge in [0.2, 0.25) is 0 Å². The lowest BCUT2D eigenvalue weighted by Crippen LogP contribution is -2.26. The number of benzene rings is 2. The Bertz CT molecular complexity index is 1010. The molecule has 0 aromatic heterocycles. The van der Waals surface area contributed by atoms with Crippen LogP contribution in [0.15, 0.2) is 42.5 Å². The molecule has 2 aromatic rings. The van der Waals surface area contributed by atoms with E-state index in [-0.39, 0.29) is 11.5 Å². The molecule has 1 amide bonds. The average Bonchev–Trinajstić information content (AvgIpc) is 3.03. The summed E-state index contributed by atoms with van der Waals surface area (Å²) in [7, 11) is 0. The summed E-state index contributed by atoms with van der Waals surface area (Å²) in [6.07, 6.45) is -0.621. The highest BCUT2D eigenvalue weighted by Gasteiger charge is 2.38. The molecule has 0 unspecified atom stereocenters. The zero-order valence-electron chi connectivity index (χ0n) is 17.4. The number of amides is 1. The van der Waals surface area contributed by atoms with Crippen LogP contribution in [-0.2, 0) is 4.79 Å². The van der Waals surface area contributed by atoms with E-state index >= 15 is 0 Å². The average molecular weight is 487 g/mol. The van der Waals surface area contributed by atoms with Crippen LogP contribution in [0.3, 0.4) is 0 Å². The first-order valence-electron chi connectivity index (χ1n) is 9.99. The molecule has 0 atom stereocenters. The molecule has 33 heavy (non-hydrogen) atoms. The van der Waals surface area contributed by atoms with Crippen LogP contribution >= 0.6 is 11.6 Å². The van der Waals surface area contributed by atoms with Crippen LogP contribution in [0.1, 0.15) is 46.4 Å². The van der Waals surface area contributed by atoms with Gasteiger partial charge in [0.1, 0.15) is 0 Å². The maximum Gasteiger partial charge on any atom is 0.490 e. The van der Waals surface area contributed by atoms with Crippen molar-refractivity contribution in [2.24, 2.45) is 0 Å². The molecule has 1 fully saturated rings. The number of nitrogens with one attached hydrogen (secondary N) is 1. The number of carboxylic acids is 2. The molecule has 11 heteroatoms. The number of rotatable bonds is 4. The minimum atomic E-state index is -5.08. The molecule has 178 valence electrons. The first-order valence-corrected chi connectivity index (χ1v) is 10.4. The summed E-state index contributed by atoms with van der Waals surface area (Å²) in [5, 5.41) is 19.8. The number of anilines is 2. The van der Waals surface area contributed by atoms with Crippen molar-refractivity contribution in [2.75, 3.05) is 23.3 Å². The Morgan fingerprint density at radius 2 is 1.48 bits per heavy atom. The first-order chi connectivity index (χ1) is 15.5. The van der Waals surface area contributed by atoms with Crippen LogP contribution < -0.4 is 10.2 Å². The van der Waals surface area contributed by atoms with Gasteiger partial charge >= 0.3 is 18.1 Å². The van der Waals surface area contributed by atoms with Crippen LogP contribution in [0.4, 0.5) is 24.5 Å². The summed E-state index contributed by atoms with van der Waals surface area (Å²) < 4.78 is 31.7. The lowest BCUT2D eigenvalue weighted by atomic mass is 10.1. The van der Waals surface area contributed by atoms with Crippen molar-refractivity contribution in [1.82, 2.24) is 0 Å². The summed E-state index contributed by atoms with van der Waals surface area (Å²) in [6.45, 7) is 1.71. The van der Waals surface area contributed by atoms with E-state index in [0.29, 0.717) is 22.0 Å². The van der Waals surface area contributed by atoms with Crippen molar-refractivity contribution in [3.8, 4) is 0 Å². The molecule has 7 nitrogen and oxygen atoms in total. The monoisotopic (exact) mass is 486 g/mol. The quantitative estimate of drug-likeness (QED) is 0.541. The number of hydrogen-bond acceptors (Lipinski definition) is 4. The van der Waals surface area contributed by atoms with Crippen molar-refractivity contribution in [2.45, 2.75) is 31.9 Å². The van der Waals surface area contributed by atoms with Gasteiger partial charge in [-0.25, -0.2) is 9.59 Å². The van der Waals surface area contributed by atoms with Crippen molar-refractivity contribution in [3.63, 3.8) is 0 Å². The van der Waals surface area contributed by atoms with E-state index in [1.807, 2.05) is 0 Å². The SMILES string of the molecule is O=C(Nc1ccc(N2CCCCCC2)c(C(=O)O)c1)c1ccccc1Cl.O=C(O)C(F)(F)F. The molecule has 0 radical (unpaired) electrons. The number of aliphatic carboxylic acids is 1. The highest BCUT2D eigenvalue weighted by molar-refractivity contribution is 6.34. The van der Waals surface area contributed by atoms with E-state index < -0.39 is 18.1 Å². The van der Waals surface area contributed by atoms with Crippen LogP contribution in [-0.4, -0.2) is 47.3 Å². The Balaban J connectivity index is 0.000000479. The van der Waals surface area contributed by atoms with Gasteiger partial charge in [0, 0.05) is 18.8 Å². The fourth-order valence-corrected chi connectivity index (χ4v) is 3.44. The highest BCUT2D eigenvalue weighted by atomic mass is 35.5. The maximum atomic E-state index is 12.4. The van der Waals surface area contributed by atoms with Gasteiger partial charge in [-0.2, -0.15) is 13.2 Å². The van der Waals surface area contributed by atoms with Crippen LogP contribution in [0.25, 0.3) is 0 Å². The number of halogens is 4. The van der Waals surface area contributed by atoms with Gasteiger partial charge in [0.15, 0.2) is 0 Å². The standard InChI is InChI=1S/C20H21ClN2O3.C2HF3O2/c21-17-8-4-3-7-15(17)19(24)22-14-9-10-18(16(13-14)20(25)26)23-11-5-1-2-6-12-23;3-2(4,5)1(6)7/h3-4,7-10,13H,1-2,5-6,11-12H2,(H,22,24)(H,25,26);(H,6,7). The molecule has 0 saturated carbocycles. The summed E-state index contributed by atoms with van der Waals surface area (Å²) in [4.78, 5) is 35.2. The van der Waals surface area contributed by atoms with Crippen molar-refractivity contribution in [3.05, 3.63) is 58.6 Å². The summed E-state index contributed by atoms with van der Waals surface area (Å²) >= 11 is 6.05. The van der Waals surface area contributed by atoms with Crippen molar-refractivity contribution >= 4 is 40.8 Å². The van der Waals surface area contributed by atoms with Crippen LogP contribution in [0.2, 0.25) is 5.02 Å². The second kappa shape index (κ2) is 11.6. The van der Waals surface area contributed by atoms with Crippen molar-refractivity contribution < 1.29 is 37.8 Å². The van der Waals surface area contributed by atoms with E-state index in [1.165, 1.54) is 18.9 Å². The van der Waals surface area contributed by atoms with Gasteiger partial charge in [-0.05, 0) is 43.2 Å². The lowest BCUT2D eigenvalue weighted by Gasteiger charge is -2.24. The Kier molecular flexibility index (Phi) is 9.10. The number of alkyl halides is 3. The number of aromatic carboxylic acids is 1. The smallest absolute Gasteiger partial charge is 0.478 e. The molecular formula is C22H22ClF3N2O5. The minimum Gasteiger partial charge on any atom is -0.478 e. The van der Waals surface area contributed by atoms with E-state index in [0.717, 1.165) is 25.9 Å². The van der Waals surface area contributed by atoms with E-state index in [1.54, 1.807) is 36.4 Å². The van der Waals surface area contributed by atoms with Gasteiger partial charge in [-0.1, -0.05) is 36.6 Å². The second-order valence-corrected chi connectivity index (χ2v) is 7.58. The normalized spacial score (nSPS) is 13.9. The first kappa shape index (κ1) is 26.0. The molecule has 1 aliphatic heterocycles. The third kappa shape index (κ3) is 7.67. The van der Waals surface area contributed by atoms with Gasteiger partial charge in [0.25, 0.3) is 5.91 Å². The molecule has 1 heterocycles.